The van der Waals surface area contributed by atoms with Gasteiger partial charge in [-0.3, -0.25) is 9.48 Å². The molecule has 0 aliphatic heterocycles. The monoisotopic (exact) mass is 317 g/mol. The predicted molar refractivity (Wildman–Crippen MR) is 83.1 cm³/mol. The van der Waals surface area contributed by atoms with Crippen molar-refractivity contribution in [3.05, 3.63) is 47.4 Å². The lowest BCUT2D eigenvalue weighted by molar-refractivity contribution is 0.0994. The summed E-state index contributed by atoms with van der Waals surface area (Å²) in [4.78, 5) is 11.0. The van der Waals surface area contributed by atoms with Crippen LogP contribution in [0.1, 0.15) is 10.5 Å². The Balaban J connectivity index is 1.82. The number of ether oxygens (including phenoxy) is 1. The largest absolute Gasteiger partial charge is 0.495 e. The highest BCUT2D eigenvalue weighted by Crippen LogP contribution is 2.30. The number of halogens is 1. The van der Waals surface area contributed by atoms with E-state index in [9.17, 15) is 4.79 Å². The van der Waals surface area contributed by atoms with Gasteiger partial charge in [0.15, 0.2) is 5.69 Å². The summed E-state index contributed by atoms with van der Waals surface area (Å²) in [6.45, 7) is 1.28. The van der Waals surface area contributed by atoms with Gasteiger partial charge in [0.1, 0.15) is 5.75 Å². The number of nitrogens with two attached hydrogens (primary N) is 1. The summed E-state index contributed by atoms with van der Waals surface area (Å²) < 4.78 is 8.96. The molecule has 2 heterocycles. The van der Waals surface area contributed by atoms with Crippen LogP contribution in [0.5, 0.6) is 5.75 Å². The molecule has 22 heavy (non-hydrogen) atoms. The lowest BCUT2D eigenvalue weighted by Gasteiger charge is -2.08. The highest BCUT2D eigenvalue weighted by molar-refractivity contribution is 6.32. The Hall–Kier alpha value is -2.47. The molecule has 0 fully saturated rings. The van der Waals surface area contributed by atoms with Crippen molar-refractivity contribution in [3.63, 3.8) is 0 Å². The minimum absolute atomic E-state index is 0.144. The van der Waals surface area contributed by atoms with Gasteiger partial charge in [0, 0.05) is 36.5 Å². The van der Waals surface area contributed by atoms with E-state index in [0.29, 0.717) is 23.9 Å². The van der Waals surface area contributed by atoms with Crippen LogP contribution in [0.2, 0.25) is 5.02 Å². The topological polar surface area (TPSA) is 75.1 Å². The number of hydrogen-bond acceptors (Lipinski definition) is 3. The molecule has 0 aliphatic carbocycles. The van der Waals surface area contributed by atoms with Crippen LogP contribution < -0.4 is 10.5 Å². The lowest BCUT2D eigenvalue weighted by Crippen LogP contribution is -2.13. The molecule has 0 atom stereocenters. The molecule has 113 valence electrons. The highest BCUT2D eigenvalue weighted by Gasteiger charge is 2.08. The maximum absolute atomic E-state index is 11.0. The van der Waals surface area contributed by atoms with Gasteiger partial charge in [-0.15, -0.1) is 0 Å². The van der Waals surface area contributed by atoms with Crippen molar-refractivity contribution in [3.8, 4) is 5.75 Å². The Labute approximate surface area is 132 Å². The minimum Gasteiger partial charge on any atom is -0.495 e. The average Bonchev–Trinajstić information content (AvgIpc) is 3.10. The zero-order chi connectivity index (χ0) is 15.7. The first-order valence-corrected chi connectivity index (χ1v) is 7.03. The van der Waals surface area contributed by atoms with E-state index in [1.807, 2.05) is 24.4 Å². The van der Waals surface area contributed by atoms with Crippen molar-refractivity contribution in [2.75, 3.05) is 7.11 Å². The third-order valence-electron chi connectivity index (χ3n) is 3.43. The Bertz CT molecular complexity index is 837. The van der Waals surface area contributed by atoms with Crippen LogP contribution in [0.3, 0.4) is 0 Å². The summed E-state index contributed by atoms with van der Waals surface area (Å²) in [5, 5.41) is 5.69. The maximum Gasteiger partial charge on any atom is 0.269 e. The Kier molecular flexibility index (Phi) is 3.77. The van der Waals surface area contributed by atoms with Crippen LogP contribution in [0.25, 0.3) is 10.9 Å². The number of rotatable bonds is 5. The van der Waals surface area contributed by atoms with Gasteiger partial charge in [-0.05, 0) is 12.1 Å². The molecule has 2 aromatic heterocycles. The third kappa shape index (κ3) is 2.65. The van der Waals surface area contributed by atoms with Gasteiger partial charge in [0.05, 0.1) is 24.2 Å². The summed E-state index contributed by atoms with van der Waals surface area (Å²) in [7, 11) is 1.59. The first-order valence-electron chi connectivity index (χ1n) is 6.66. The fourth-order valence-corrected chi connectivity index (χ4v) is 2.56. The molecule has 1 aromatic carbocycles. The van der Waals surface area contributed by atoms with E-state index >= 15 is 0 Å². The van der Waals surface area contributed by atoms with Crippen LogP contribution in [-0.2, 0) is 13.1 Å². The molecular formula is C15H14ClN4O2. The molecule has 0 saturated carbocycles. The molecule has 2 N–H and O–H groups in total. The standard InChI is InChI=1S/C15H14ClN4O2/c1-22-14-9-13-10(8-11(14)16)2-4-19(13)6-7-20-5-3-12(18-20)15(17)21/h2,4-5,8-9H,6-7H2,1H3,(H2,17,21). The molecule has 0 unspecified atom stereocenters. The minimum atomic E-state index is -0.579. The molecule has 0 bridgehead atoms. The molecule has 1 amide bonds. The van der Waals surface area contributed by atoms with Gasteiger partial charge in [-0.25, -0.2) is 0 Å². The Morgan fingerprint density at radius 3 is 2.95 bits per heavy atom. The molecule has 7 heteroatoms. The second-order valence-corrected chi connectivity index (χ2v) is 5.21. The normalized spacial score (nSPS) is 11.0. The van der Waals surface area contributed by atoms with Crippen molar-refractivity contribution in [2.24, 2.45) is 5.73 Å². The van der Waals surface area contributed by atoms with Crippen LogP contribution >= 0.6 is 11.6 Å². The smallest absolute Gasteiger partial charge is 0.269 e. The zero-order valence-corrected chi connectivity index (χ0v) is 12.7. The van der Waals surface area contributed by atoms with Crippen LogP contribution in [0.4, 0.5) is 0 Å². The maximum atomic E-state index is 11.0. The summed E-state index contributed by atoms with van der Waals surface area (Å²) in [5.41, 5.74) is 6.33. The first-order chi connectivity index (χ1) is 10.6. The number of carbonyl (C=O) groups is 1. The molecule has 3 rings (SSSR count). The number of nitrogens with zero attached hydrogens (tertiary/aromatic N) is 3. The van der Waals surface area contributed by atoms with Crippen molar-refractivity contribution >= 4 is 28.4 Å². The summed E-state index contributed by atoms with van der Waals surface area (Å²) in [6.07, 6.45) is 3.59. The molecule has 1 radical (unpaired) electrons. The van der Waals surface area contributed by atoms with Crippen molar-refractivity contribution in [2.45, 2.75) is 13.1 Å². The number of hydrogen-bond donors (Lipinski definition) is 1. The number of primary amides is 1. The molecule has 0 aliphatic rings. The highest BCUT2D eigenvalue weighted by atomic mass is 35.5. The van der Waals surface area contributed by atoms with Gasteiger partial charge in [-0.2, -0.15) is 5.10 Å². The van der Waals surface area contributed by atoms with E-state index in [4.69, 9.17) is 22.1 Å². The van der Waals surface area contributed by atoms with Crippen molar-refractivity contribution < 1.29 is 9.53 Å². The number of aromatic nitrogens is 3. The van der Waals surface area contributed by atoms with Gasteiger partial charge >= 0.3 is 0 Å². The van der Waals surface area contributed by atoms with Crippen molar-refractivity contribution in [1.82, 2.24) is 14.3 Å². The van der Waals surface area contributed by atoms with E-state index in [1.165, 1.54) is 0 Å². The summed E-state index contributed by atoms with van der Waals surface area (Å²) in [6, 6.07) is 8.50. The van der Waals surface area contributed by atoms with Gasteiger partial charge in [0.2, 0.25) is 0 Å². The van der Waals surface area contributed by atoms with E-state index in [-0.39, 0.29) is 5.69 Å². The van der Waals surface area contributed by atoms with Crippen LogP contribution in [-0.4, -0.2) is 27.4 Å². The fraction of sp³-hybridized carbons (Fsp3) is 0.200. The predicted octanol–water partition coefficient (Wildman–Crippen LogP) is 2.10. The van der Waals surface area contributed by atoms with Gasteiger partial charge in [-0.1, -0.05) is 11.6 Å². The van der Waals surface area contributed by atoms with Crippen LogP contribution in [0.15, 0.2) is 30.6 Å². The second kappa shape index (κ2) is 5.73. The Morgan fingerprint density at radius 1 is 1.45 bits per heavy atom. The molecule has 0 saturated heterocycles. The quantitative estimate of drug-likeness (QED) is 0.783. The Morgan fingerprint density at radius 2 is 2.27 bits per heavy atom. The third-order valence-corrected chi connectivity index (χ3v) is 3.72. The number of aryl methyl sites for hydroxylation is 2. The van der Waals surface area contributed by atoms with E-state index in [0.717, 1.165) is 10.9 Å². The van der Waals surface area contributed by atoms with E-state index < -0.39 is 5.91 Å². The van der Waals surface area contributed by atoms with E-state index in [2.05, 4.69) is 15.7 Å². The second-order valence-electron chi connectivity index (χ2n) is 4.80. The van der Waals surface area contributed by atoms with Crippen molar-refractivity contribution in [1.29, 1.82) is 0 Å². The number of carbonyl (C=O) groups excluding carboxylic acids is 1. The first kappa shape index (κ1) is 14.5. The van der Waals surface area contributed by atoms with Crippen LogP contribution in [0, 0.1) is 6.07 Å². The number of amides is 1. The zero-order valence-electron chi connectivity index (χ0n) is 11.9. The fourth-order valence-electron chi connectivity index (χ4n) is 2.31. The lowest BCUT2D eigenvalue weighted by atomic mass is 10.2. The van der Waals surface area contributed by atoms with Gasteiger partial charge < -0.3 is 15.0 Å². The van der Waals surface area contributed by atoms with E-state index in [1.54, 1.807) is 18.0 Å². The molecular weight excluding hydrogens is 304 g/mol. The molecule has 3 aromatic rings. The van der Waals surface area contributed by atoms with Gasteiger partial charge in [0.25, 0.3) is 5.91 Å². The molecule has 0 spiro atoms. The average molecular weight is 318 g/mol. The summed E-state index contributed by atoms with van der Waals surface area (Å²) >= 11 is 6.12. The number of benzene rings is 1. The number of fused-ring (bicyclic) bond motifs is 1. The SMILES string of the molecule is COc1cc2c(ccn2CCn2c[c]c(C(N)=O)n2)cc1Cl. The molecule has 6 nitrogen and oxygen atoms in total. The summed E-state index contributed by atoms with van der Waals surface area (Å²) in [5.74, 6) is 0.0575. The number of methoxy groups -OCH3 is 1.